The van der Waals surface area contributed by atoms with Gasteiger partial charge in [0.25, 0.3) is 0 Å². The summed E-state index contributed by atoms with van der Waals surface area (Å²) in [4.78, 5) is 36.8. The molecule has 0 spiro atoms. The highest BCUT2D eigenvalue weighted by molar-refractivity contribution is 7.52. The summed E-state index contributed by atoms with van der Waals surface area (Å²) < 4.78 is 18.5. The van der Waals surface area contributed by atoms with E-state index in [1.165, 1.54) is 0 Å². The third-order valence-corrected chi connectivity index (χ3v) is 8.60. The van der Waals surface area contributed by atoms with Gasteiger partial charge in [0.2, 0.25) is 11.8 Å². The van der Waals surface area contributed by atoms with Gasteiger partial charge in [0.1, 0.15) is 6.10 Å². The number of carbonyl (C=O) groups is 2. The minimum absolute atomic E-state index is 0.0171. The topological polar surface area (TPSA) is 125 Å². The Morgan fingerprint density at radius 1 is 0.950 bits per heavy atom. The maximum Gasteiger partial charge on any atom is 0.328 e. The number of amides is 2. The number of unbranched alkanes of at least 4 members (excludes halogenated alkanes) is 2. The number of benzene rings is 1. The van der Waals surface area contributed by atoms with Gasteiger partial charge in [-0.25, -0.2) is 0 Å². The average Bonchev–Trinajstić information content (AvgIpc) is 2.89. The maximum atomic E-state index is 13.4. The number of nitrogens with one attached hydrogen (secondary N) is 2. The summed E-state index contributed by atoms with van der Waals surface area (Å²) in [6.07, 6.45) is 3.39. The van der Waals surface area contributed by atoms with E-state index in [0.717, 1.165) is 24.8 Å². The molecule has 0 aliphatic rings. The lowest BCUT2D eigenvalue weighted by Crippen LogP contribution is -2.50. The number of aliphatic hydroxyl groups excluding tert-OH is 1. The molecule has 8 nitrogen and oxygen atoms in total. The van der Waals surface area contributed by atoms with E-state index in [-0.39, 0.29) is 30.3 Å². The highest BCUT2D eigenvalue weighted by atomic mass is 31.2. The molecule has 0 fully saturated rings. The van der Waals surface area contributed by atoms with Crippen LogP contribution in [-0.2, 0) is 25.1 Å². The standard InChI is InChI=1S/C31H55N2O6P/c1-7-9-18-29(39-40(37,38)20-14-17-25-15-12-11-13-16-25)31(36)33-27(21-23(3)4)28(34)22-26(24(5)6)30(35)32-19-10-8-2/h11-13,15-16,23-24,26-29,34H,7-10,14,17-22H2,1-6H3,(H,32,35)(H,33,36)(H,37,38)/t26-,27+,28+,29-/m1/s1. The number of carbonyl (C=O) groups excluding carboxylic acids is 2. The summed E-state index contributed by atoms with van der Waals surface area (Å²) in [7, 11) is -4.01. The Balaban J connectivity index is 2.92. The highest BCUT2D eigenvalue weighted by Crippen LogP contribution is 2.45. The monoisotopic (exact) mass is 582 g/mol. The Morgan fingerprint density at radius 2 is 1.60 bits per heavy atom. The predicted molar refractivity (Wildman–Crippen MR) is 162 cm³/mol. The van der Waals surface area contributed by atoms with E-state index in [1.54, 1.807) is 0 Å². The molecule has 1 rings (SSSR count). The van der Waals surface area contributed by atoms with Crippen molar-refractivity contribution >= 4 is 19.4 Å². The van der Waals surface area contributed by atoms with E-state index < -0.39 is 37.7 Å². The molecule has 1 unspecified atom stereocenters. The lowest BCUT2D eigenvalue weighted by Gasteiger charge is -2.31. The molecule has 0 aliphatic heterocycles. The third kappa shape index (κ3) is 14.8. The molecule has 0 aliphatic carbocycles. The Bertz CT molecular complexity index is 895. The van der Waals surface area contributed by atoms with Gasteiger partial charge in [-0.2, -0.15) is 0 Å². The predicted octanol–water partition coefficient (Wildman–Crippen LogP) is 5.85. The summed E-state index contributed by atoms with van der Waals surface area (Å²) in [6, 6.07) is 9.12. The largest absolute Gasteiger partial charge is 0.391 e. The fourth-order valence-electron chi connectivity index (χ4n) is 4.72. The van der Waals surface area contributed by atoms with Gasteiger partial charge >= 0.3 is 7.60 Å². The second-order valence-corrected chi connectivity index (χ2v) is 13.7. The van der Waals surface area contributed by atoms with Crippen molar-refractivity contribution in [2.45, 2.75) is 118 Å². The second kappa shape index (κ2) is 19.4. The summed E-state index contributed by atoms with van der Waals surface area (Å²) in [5.74, 6) is -0.786. The van der Waals surface area contributed by atoms with Crippen molar-refractivity contribution in [3.05, 3.63) is 35.9 Å². The molecule has 230 valence electrons. The van der Waals surface area contributed by atoms with Crippen molar-refractivity contribution < 1.29 is 28.7 Å². The molecule has 0 saturated carbocycles. The van der Waals surface area contributed by atoms with Crippen LogP contribution < -0.4 is 10.6 Å². The Labute approximate surface area is 242 Å². The second-order valence-electron chi connectivity index (χ2n) is 11.7. The van der Waals surface area contributed by atoms with Crippen molar-refractivity contribution in [2.24, 2.45) is 17.8 Å². The number of rotatable bonds is 21. The molecular weight excluding hydrogens is 527 g/mol. The molecule has 0 saturated heterocycles. The van der Waals surface area contributed by atoms with E-state index in [2.05, 4.69) is 17.6 Å². The summed E-state index contributed by atoms with van der Waals surface area (Å²) >= 11 is 0. The molecule has 9 heteroatoms. The van der Waals surface area contributed by atoms with Crippen LogP contribution in [0.3, 0.4) is 0 Å². The number of hydrogen-bond acceptors (Lipinski definition) is 5. The summed E-state index contributed by atoms with van der Waals surface area (Å²) in [5.41, 5.74) is 1.08. The Kier molecular flexibility index (Phi) is 17.6. The Morgan fingerprint density at radius 3 is 2.17 bits per heavy atom. The third-order valence-electron chi connectivity index (χ3n) is 7.14. The van der Waals surface area contributed by atoms with Gasteiger partial charge < -0.3 is 20.6 Å². The van der Waals surface area contributed by atoms with Crippen molar-refractivity contribution in [2.75, 3.05) is 12.7 Å². The van der Waals surface area contributed by atoms with Crippen LogP contribution in [0.5, 0.6) is 0 Å². The molecule has 5 atom stereocenters. The highest BCUT2D eigenvalue weighted by Gasteiger charge is 2.34. The molecule has 40 heavy (non-hydrogen) atoms. The van der Waals surface area contributed by atoms with Gasteiger partial charge in [0, 0.05) is 12.5 Å². The van der Waals surface area contributed by atoms with Crippen LogP contribution in [0, 0.1) is 17.8 Å². The molecule has 1 aromatic carbocycles. The first-order valence-corrected chi connectivity index (χ1v) is 17.0. The number of hydrogen-bond donors (Lipinski definition) is 4. The lowest BCUT2D eigenvalue weighted by atomic mass is 9.85. The summed E-state index contributed by atoms with van der Waals surface area (Å²) in [6.45, 7) is 12.6. The van der Waals surface area contributed by atoms with Gasteiger partial charge in [-0.05, 0) is 55.9 Å². The van der Waals surface area contributed by atoms with Crippen LogP contribution in [-0.4, -0.2) is 52.8 Å². The minimum Gasteiger partial charge on any atom is -0.391 e. The van der Waals surface area contributed by atoms with Crippen LogP contribution in [0.1, 0.15) is 98.5 Å². The van der Waals surface area contributed by atoms with E-state index >= 15 is 0 Å². The van der Waals surface area contributed by atoms with Crippen molar-refractivity contribution in [1.29, 1.82) is 0 Å². The number of aryl methyl sites for hydroxylation is 1. The molecule has 0 radical (unpaired) electrons. The van der Waals surface area contributed by atoms with Crippen molar-refractivity contribution in [3.63, 3.8) is 0 Å². The fourth-order valence-corrected chi connectivity index (χ4v) is 5.98. The quantitative estimate of drug-likeness (QED) is 0.106. The smallest absolute Gasteiger partial charge is 0.328 e. The Hall–Kier alpha value is -1.73. The van der Waals surface area contributed by atoms with Crippen molar-refractivity contribution in [1.82, 2.24) is 10.6 Å². The fraction of sp³-hybridized carbons (Fsp3) is 0.742. The van der Waals surface area contributed by atoms with E-state index in [1.807, 2.05) is 65.0 Å². The molecule has 0 bridgehead atoms. The van der Waals surface area contributed by atoms with Gasteiger partial charge in [0.15, 0.2) is 0 Å². The molecule has 4 N–H and O–H groups in total. The van der Waals surface area contributed by atoms with E-state index in [0.29, 0.717) is 38.6 Å². The van der Waals surface area contributed by atoms with Crippen LogP contribution >= 0.6 is 7.60 Å². The summed E-state index contributed by atoms with van der Waals surface area (Å²) in [5, 5.41) is 17.1. The lowest BCUT2D eigenvalue weighted by molar-refractivity contribution is -0.131. The van der Waals surface area contributed by atoms with Crippen molar-refractivity contribution in [3.8, 4) is 0 Å². The first-order chi connectivity index (χ1) is 18.9. The first kappa shape index (κ1) is 36.3. The zero-order chi connectivity index (χ0) is 30.1. The van der Waals surface area contributed by atoms with Crippen LogP contribution in [0.15, 0.2) is 30.3 Å². The minimum atomic E-state index is -4.01. The van der Waals surface area contributed by atoms with E-state index in [9.17, 15) is 24.2 Å². The zero-order valence-corrected chi connectivity index (χ0v) is 26.5. The normalized spacial score (nSPS) is 16.2. The van der Waals surface area contributed by atoms with Crippen LogP contribution in [0.2, 0.25) is 0 Å². The van der Waals surface area contributed by atoms with Gasteiger partial charge in [-0.3, -0.25) is 18.7 Å². The molecule has 0 heterocycles. The molecule has 2 amide bonds. The van der Waals surface area contributed by atoms with Crippen LogP contribution in [0.25, 0.3) is 0 Å². The van der Waals surface area contributed by atoms with Gasteiger partial charge in [0.05, 0.1) is 18.3 Å². The SMILES string of the molecule is CCCCNC(=O)[C@H](C[C@H](O)[C@H](CC(C)C)NC(=O)[C@@H](CCCC)OP(=O)(O)CCCc1ccccc1)C(C)C. The van der Waals surface area contributed by atoms with Crippen LogP contribution in [0.4, 0.5) is 0 Å². The average molecular weight is 583 g/mol. The maximum absolute atomic E-state index is 13.4. The molecule has 0 aromatic heterocycles. The number of aliphatic hydroxyl groups is 1. The molecule has 1 aromatic rings. The van der Waals surface area contributed by atoms with Gasteiger partial charge in [-0.1, -0.05) is 91.1 Å². The van der Waals surface area contributed by atoms with Gasteiger partial charge in [-0.15, -0.1) is 0 Å². The first-order valence-electron chi connectivity index (χ1n) is 15.2. The zero-order valence-electron chi connectivity index (χ0n) is 25.6. The molecular formula is C31H55N2O6P. The van der Waals surface area contributed by atoms with E-state index in [4.69, 9.17) is 4.52 Å².